The lowest BCUT2D eigenvalue weighted by molar-refractivity contribution is -0.172. The van der Waals surface area contributed by atoms with Crippen LogP contribution in [0, 0.1) is 18.3 Å². The number of hydrogen-bond acceptors (Lipinski definition) is 16. The number of nitriles is 1. The Morgan fingerprint density at radius 2 is 1.69 bits per heavy atom. The first-order chi connectivity index (χ1) is 38.9. The van der Waals surface area contributed by atoms with Crippen LogP contribution in [0.2, 0.25) is 5.02 Å². The third kappa shape index (κ3) is 12.0. The maximum atomic E-state index is 14.1. The average Bonchev–Trinajstić information content (AvgIpc) is 3.93. The molecule has 2 saturated heterocycles. The summed E-state index contributed by atoms with van der Waals surface area (Å²) in [4.78, 5) is 69.9. The summed E-state index contributed by atoms with van der Waals surface area (Å²) in [7, 11) is 6.17. The number of rotatable bonds is 17. The Hall–Kier alpha value is -6.69. The summed E-state index contributed by atoms with van der Waals surface area (Å²) in [6, 6.07) is 17.3. The lowest BCUT2D eigenvalue weighted by atomic mass is 9.86. The largest absolute Gasteiger partial charge is 0.490 e. The number of piperidine rings is 1. The van der Waals surface area contributed by atoms with Gasteiger partial charge in [0.25, 0.3) is 11.5 Å². The number of esters is 1. The van der Waals surface area contributed by atoms with Crippen molar-refractivity contribution in [2.45, 2.75) is 154 Å². The molecule has 0 bridgehead atoms. The first kappa shape index (κ1) is 57.5. The number of unbranched alkanes of at least 4 members (excludes halogenated alkanes) is 3. The first-order valence-corrected chi connectivity index (χ1v) is 29.3. The van der Waals surface area contributed by atoms with Crippen LogP contribution < -0.4 is 25.2 Å². The van der Waals surface area contributed by atoms with E-state index < -0.39 is 11.6 Å². The van der Waals surface area contributed by atoms with Crippen LogP contribution in [0.15, 0.2) is 53.3 Å². The lowest BCUT2D eigenvalue weighted by Gasteiger charge is -2.43. The molecule has 2 aromatic carbocycles. The molecule has 20 heteroatoms. The number of pyridine rings is 2. The Morgan fingerprint density at radius 3 is 2.41 bits per heavy atom. The van der Waals surface area contributed by atoms with E-state index in [4.69, 9.17) is 30.8 Å². The van der Waals surface area contributed by atoms with Gasteiger partial charge in [-0.1, -0.05) is 31.4 Å². The van der Waals surface area contributed by atoms with Gasteiger partial charge in [-0.3, -0.25) is 14.5 Å². The van der Waals surface area contributed by atoms with E-state index >= 15 is 0 Å². The highest BCUT2D eigenvalue weighted by molar-refractivity contribution is 6.32. The predicted molar refractivity (Wildman–Crippen MR) is 309 cm³/mol. The molecule has 3 fully saturated rings. The molecule has 10 rings (SSSR count). The molecular formula is C61H76ClN11O8. The van der Waals surface area contributed by atoms with Crippen LogP contribution in [0.1, 0.15) is 135 Å². The zero-order chi connectivity index (χ0) is 57.3. The van der Waals surface area contributed by atoms with Gasteiger partial charge in [0.1, 0.15) is 24.2 Å². The van der Waals surface area contributed by atoms with Crippen LogP contribution in [0.5, 0.6) is 11.5 Å². The number of cyclic esters (lactones) is 1. The third-order valence-corrected chi connectivity index (χ3v) is 18.0. The van der Waals surface area contributed by atoms with Crippen molar-refractivity contribution in [1.82, 2.24) is 44.7 Å². The second-order valence-electron chi connectivity index (χ2n) is 23.3. The number of hydrogen-bond donors (Lipinski definition) is 2. The van der Waals surface area contributed by atoms with E-state index in [1.807, 2.05) is 49.0 Å². The summed E-state index contributed by atoms with van der Waals surface area (Å²) < 4.78 is 19.4. The summed E-state index contributed by atoms with van der Waals surface area (Å²) in [5.41, 5.74) is 3.32. The normalized spacial score (nSPS) is 22.1. The Morgan fingerprint density at radius 1 is 0.938 bits per heavy atom. The summed E-state index contributed by atoms with van der Waals surface area (Å²) in [6.45, 7) is 13.5. The van der Waals surface area contributed by atoms with E-state index in [9.17, 15) is 29.5 Å². The molecule has 0 unspecified atom stereocenters. The molecular weight excluding hydrogens is 1050 g/mol. The Kier molecular flexibility index (Phi) is 17.3. The molecule has 5 aromatic rings. The van der Waals surface area contributed by atoms with Crippen LogP contribution in [-0.2, 0) is 34.8 Å². The monoisotopic (exact) mass is 1130 g/mol. The van der Waals surface area contributed by atoms with Crippen LogP contribution in [0.25, 0.3) is 22.3 Å². The number of anilines is 1. The Bertz CT molecular complexity index is 3280. The summed E-state index contributed by atoms with van der Waals surface area (Å²) in [6.07, 6.45) is 9.49. The van der Waals surface area contributed by atoms with Crippen LogP contribution in [0.3, 0.4) is 0 Å². The number of aliphatic hydroxyl groups is 1. The average molecular weight is 1130 g/mol. The SMILES string of the molecule is CC[C@@]1(O)C(=O)OCc2c1cc1n(c2=O)Cc2cc3c(CN(C)C)c(OC(=O)N4C[C@H](C)N(CCCCCCN(C)C5CCN(c6ccc(C(=O)N[C@H]7CC[C@H](Oc8ccc(C#N)c(Cl)c8C)CC7)nn6)CC5)C[C@H]4C)ccc3nc2-1. The minimum absolute atomic E-state index is 0.0159. The fourth-order valence-electron chi connectivity index (χ4n) is 12.6. The maximum absolute atomic E-state index is 14.1. The van der Waals surface area contributed by atoms with E-state index in [0.29, 0.717) is 63.8 Å². The van der Waals surface area contributed by atoms with Crippen LogP contribution in [-0.4, -0.2) is 153 Å². The van der Waals surface area contributed by atoms with Crippen molar-refractivity contribution < 1.29 is 33.7 Å². The summed E-state index contributed by atoms with van der Waals surface area (Å²) in [5, 5.41) is 33.8. The van der Waals surface area contributed by atoms with Gasteiger partial charge in [0, 0.05) is 84.5 Å². The highest BCUT2D eigenvalue weighted by Gasteiger charge is 2.45. The van der Waals surface area contributed by atoms with Gasteiger partial charge in [0.2, 0.25) is 0 Å². The number of amides is 2. The number of benzene rings is 2. The molecule has 3 atom stereocenters. The zero-order valence-electron chi connectivity index (χ0n) is 47.8. The van der Waals surface area contributed by atoms with Crippen LogP contribution >= 0.6 is 11.6 Å². The van der Waals surface area contributed by atoms with E-state index in [-0.39, 0.29) is 72.5 Å². The molecule has 0 spiro atoms. The van der Waals surface area contributed by atoms with Crippen molar-refractivity contribution in [2.75, 3.05) is 65.3 Å². The minimum Gasteiger partial charge on any atom is -0.490 e. The first-order valence-electron chi connectivity index (χ1n) is 28.9. The van der Waals surface area contributed by atoms with Gasteiger partial charge >= 0.3 is 12.1 Å². The van der Waals surface area contributed by atoms with Crippen molar-refractivity contribution in [3.8, 4) is 29.0 Å². The number of halogens is 1. The molecule has 19 nitrogen and oxygen atoms in total. The number of carbonyl (C=O) groups is 3. The third-order valence-electron chi connectivity index (χ3n) is 17.5. The molecule has 430 valence electrons. The number of piperazine rings is 1. The number of ether oxygens (including phenoxy) is 3. The molecule has 4 aliphatic heterocycles. The lowest BCUT2D eigenvalue weighted by Crippen LogP contribution is -2.58. The highest BCUT2D eigenvalue weighted by Crippen LogP contribution is 2.41. The molecule has 81 heavy (non-hydrogen) atoms. The van der Waals surface area contributed by atoms with E-state index in [1.54, 1.807) is 41.8 Å². The summed E-state index contributed by atoms with van der Waals surface area (Å²) >= 11 is 6.35. The Balaban J connectivity index is 0.637. The van der Waals surface area contributed by atoms with Crippen molar-refractivity contribution in [3.63, 3.8) is 0 Å². The number of carbonyl (C=O) groups excluding carboxylic acids is 3. The van der Waals surface area contributed by atoms with E-state index in [2.05, 4.69) is 57.2 Å². The molecule has 2 N–H and O–H groups in total. The molecule has 1 saturated carbocycles. The fourth-order valence-corrected chi connectivity index (χ4v) is 12.8. The van der Waals surface area contributed by atoms with Gasteiger partial charge in [-0.15, -0.1) is 10.2 Å². The second kappa shape index (κ2) is 24.4. The quantitative estimate of drug-likeness (QED) is 0.0656. The van der Waals surface area contributed by atoms with Gasteiger partial charge in [-0.05, 0) is 161 Å². The summed E-state index contributed by atoms with van der Waals surface area (Å²) in [5.74, 6) is 0.986. The number of nitrogens with zero attached hydrogens (tertiary/aromatic N) is 10. The number of fused-ring (bicyclic) bond motifs is 5. The van der Waals surface area contributed by atoms with E-state index in [1.165, 1.54) is 0 Å². The zero-order valence-corrected chi connectivity index (χ0v) is 48.6. The molecule has 2 amide bonds. The molecule has 3 aromatic heterocycles. The van der Waals surface area contributed by atoms with Crippen molar-refractivity contribution in [3.05, 3.63) is 103 Å². The second-order valence-corrected chi connectivity index (χ2v) is 23.7. The Labute approximate surface area is 479 Å². The topological polar surface area (TPSA) is 212 Å². The predicted octanol–water partition coefficient (Wildman–Crippen LogP) is 7.94. The fraction of sp³-hybridized carbons (Fsp3) is 0.541. The number of nitrogens with one attached hydrogen (secondary N) is 1. The van der Waals surface area contributed by atoms with Gasteiger partial charge in [-0.25, -0.2) is 14.6 Å². The van der Waals surface area contributed by atoms with Gasteiger partial charge in [-0.2, -0.15) is 5.26 Å². The van der Waals surface area contributed by atoms with Crippen molar-refractivity contribution in [2.24, 2.45) is 0 Å². The molecule has 0 radical (unpaired) electrons. The molecule has 7 heterocycles. The number of aromatic nitrogens is 4. The van der Waals surface area contributed by atoms with Gasteiger partial charge < -0.3 is 48.8 Å². The van der Waals surface area contributed by atoms with Crippen molar-refractivity contribution in [1.29, 1.82) is 5.26 Å². The smallest absolute Gasteiger partial charge is 0.415 e. The standard InChI is InChI=1S/C61H76ClN11O8/c1-8-61(78)48-30-51-56-41(34-73(51)58(75)47(48)36-79-59(61)76)29-45-46(35-68(5)6)53(21-18-49(45)65-56)81-60(77)72-33-37(2)71(32-38(72)3)26-12-10-9-11-25-69(7)43-23-27-70(28-24-43)54-22-19-50(66-67-54)57(74)64-42-14-16-44(17-15-42)80-52-20-13-40(31-63)55(62)39(52)4/h13,18-22,29-30,37-38,42-44,78H,8-12,14-17,23-28,32-36H2,1-7H3,(H,64,74)/t37-,38+,42-,44-,61-/m0/s1. The molecule has 1 aliphatic carbocycles. The minimum atomic E-state index is -1.91. The van der Waals surface area contributed by atoms with Crippen LogP contribution in [0.4, 0.5) is 10.6 Å². The van der Waals surface area contributed by atoms with Gasteiger partial charge in [0.15, 0.2) is 17.1 Å². The highest BCUT2D eigenvalue weighted by atomic mass is 35.5. The van der Waals surface area contributed by atoms with Gasteiger partial charge in [0.05, 0.1) is 45.7 Å². The maximum Gasteiger partial charge on any atom is 0.415 e. The van der Waals surface area contributed by atoms with E-state index in [0.717, 1.165) is 125 Å². The van der Waals surface area contributed by atoms with Crippen molar-refractivity contribution >= 4 is 46.3 Å². The molecule has 5 aliphatic rings.